The molecule has 0 aromatic carbocycles. The maximum atomic E-state index is 12.4. The van der Waals surface area contributed by atoms with Gasteiger partial charge in [-0.25, -0.2) is 0 Å². The molecular formula is C14H21BrN2O2. The molecule has 106 valence electrons. The van der Waals surface area contributed by atoms with Crippen molar-refractivity contribution < 1.29 is 9.53 Å². The maximum absolute atomic E-state index is 12.4. The fourth-order valence-electron chi connectivity index (χ4n) is 1.62. The highest BCUT2D eigenvalue weighted by Gasteiger charge is 2.24. The van der Waals surface area contributed by atoms with E-state index < -0.39 is 0 Å². The van der Waals surface area contributed by atoms with Gasteiger partial charge in [0.1, 0.15) is 0 Å². The normalized spacial score (nSPS) is 12.5. The van der Waals surface area contributed by atoms with Crippen LogP contribution in [0.15, 0.2) is 24.4 Å². The van der Waals surface area contributed by atoms with Gasteiger partial charge < -0.3 is 9.64 Å². The van der Waals surface area contributed by atoms with E-state index in [0.29, 0.717) is 19.7 Å². The third kappa shape index (κ3) is 5.28. The van der Waals surface area contributed by atoms with E-state index in [0.717, 1.165) is 5.69 Å². The molecule has 0 saturated heterocycles. The van der Waals surface area contributed by atoms with Gasteiger partial charge >= 0.3 is 0 Å². The number of rotatable bonds is 7. The number of halogens is 1. The van der Waals surface area contributed by atoms with E-state index in [2.05, 4.69) is 20.9 Å². The second-order valence-electron chi connectivity index (χ2n) is 4.72. The van der Waals surface area contributed by atoms with Gasteiger partial charge in [0.05, 0.1) is 23.7 Å². The molecule has 1 aromatic rings. The lowest BCUT2D eigenvalue weighted by Gasteiger charge is -2.26. The molecule has 1 aromatic heterocycles. The first-order chi connectivity index (χ1) is 9.06. The predicted molar refractivity (Wildman–Crippen MR) is 79.1 cm³/mol. The number of hydrogen-bond donors (Lipinski definition) is 0. The summed E-state index contributed by atoms with van der Waals surface area (Å²) in [6.45, 7) is 5.65. The largest absolute Gasteiger partial charge is 0.383 e. The zero-order chi connectivity index (χ0) is 14.3. The molecule has 0 aliphatic heterocycles. The van der Waals surface area contributed by atoms with Crippen molar-refractivity contribution in [3.63, 3.8) is 0 Å². The molecule has 1 rings (SSSR count). The standard InChI is InChI=1S/C14H21BrN2O2/c1-11(2)13(15)14(18)17(8-9-19-3)10-12-6-4-5-7-16-12/h4-7,11,13H,8-10H2,1-3H3. The zero-order valence-electron chi connectivity index (χ0n) is 11.7. The van der Waals surface area contributed by atoms with Crippen LogP contribution >= 0.6 is 15.9 Å². The van der Waals surface area contributed by atoms with Crippen molar-refractivity contribution in [3.05, 3.63) is 30.1 Å². The van der Waals surface area contributed by atoms with Crippen LogP contribution in [0, 0.1) is 5.92 Å². The van der Waals surface area contributed by atoms with Gasteiger partial charge in [-0.15, -0.1) is 0 Å². The van der Waals surface area contributed by atoms with Crippen LogP contribution in [0.1, 0.15) is 19.5 Å². The number of hydrogen-bond acceptors (Lipinski definition) is 3. The molecule has 1 atom stereocenters. The molecule has 1 unspecified atom stereocenters. The fraction of sp³-hybridized carbons (Fsp3) is 0.571. The van der Waals surface area contributed by atoms with Crippen molar-refractivity contribution in [2.75, 3.05) is 20.3 Å². The molecule has 1 amide bonds. The molecule has 0 aliphatic rings. The van der Waals surface area contributed by atoms with Crippen molar-refractivity contribution in [1.29, 1.82) is 0 Å². The lowest BCUT2D eigenvalue weighted by Crippen LogP contribution is -2.40. The summed E-state index contributed by atoms with van der Waals surface area (Å²) in [5.41, 5.74) is 0.885. The van der Waals surface area contributed by atoms with E-state index in [4.69, 9.17) is 4.74 Å². The number of carbonyl (C=O) groups is 1. The Hall–Kier alpha value is -0.940. The number of nitrogens with zero attached hydrogens (tertiary/aromatic N) is 2. The number of pyridine rings is 1. The Morgan fingerprint density at radius 1 is 1.47 bits per heavy atom. The molecule has 0 spiro atoms. The Morgan fingerprint density at radius 3 is 2.74 bits per heavy atom. The Bertz CT molecular complexity index is 384. The van der Waals surface area contributed by atoms with E-state index in [1.165, 1.54) is 0 Å². The Labute approximate surface area is 123 Å². The summed E-state index contributed by atoms with van der Waals surface area (Å²) in [5.74, 6) is 0.332. The van der Waals surface area contributed by atoms with E-state index in [1.54, 1.807) is 18.2 Å². The van der Waals surface area contributed by atoms with Gasteiger partial charge in [-0.3, -0.25) is 9.78 Å². The van der Waals surface area contributed by atoms with E-state index in [1.807, 2.05) is 32.0 Å². The predicted octanol–water partition coefficient (Wildman–Crippen LogP) is 2.48. The van der Waals surface area contributed by atoms with Crippen LogP contribution in [0.4, 0.5) is 0 Å². The SMILES string of the molecule is COCCN(Cc1ccccn1)C(=O)C(Br)C(C)C. The Balaban J connectivity index is 2.74. The van der Waals surface area contributed by atoms with Crippen LogP contribution in [0.2, 0.25) is 0 Å². The number of alkyl halides is 1. The molecule has 1 heterocycles. The van der Waals surface area contributed by atoms with Crippen LogP contribution in [0.25, 0.3) is 0 Å². The van der Waals surface area contributed by atoms with Crippen molar-refractivity contribution >= 4 is 21.8 Å². The molecule has 0 N–H and O–H groups in total. The topological polar surface area (TPSA) is 42.4 Å². The fourth-order valence-corrected chi connectivity index (χ4v) is 1.90. The van der Waals surface area contributed by atoms with Gasteiger partial charge in [0.15, 0.2) is 0 Å². The van der Waals surface area contributed by atoms with Crippen LogP contribution in [-0.4, -0.2) is 40.9 Å². The quantitative estimate of drug-likeness (QED) is 0.722. The lowest BCUT2D eigenvalue weighted by atomic mass is 10.1. The molecular weight excluding hydrogens is 308 g/mol. The van der Waals surface area contributed by atoms with Crippen molar-refractivity contribution in [3.8, 4) is 0 Å². The zero-order valence-corrected chi connectivity index (χ0v) is 13.3. The van der Waals surface area contributed by atoms with Gasteiger partial charge in [0.25, 0.3) is 0 Å². The summed E-state index contributed by atoms with van der Waals surface area (Å²) >= 11 is 3.46. The summed E-state index contributed by atoms with van der Waals surface area (Å²) < 4.78 is 5.07. The maximum Gasteiger partial charge on any atom is 0.237 e. The molecule has 0 bridgehead atoms. The third-order valence-corrected chi connectivity index (χ3v) is 4.23. The van der Waals surface area contributed by atoms with E-state index in [-0.39, 0.29) is 16.7 Å². The minimum Gasteiger partial charge on any atom is -0.383 e. The molecule has 19 heavy (non-hydrogen) atoms. The number of carbonyl (C=O) groups excluding carboxylic acids is 1. The average Bonchev–Trinajstić information content (AvgIpc) is 2.42. The molecule has 4 nitrogen and oxygen atoms in total. The third-order valence-electron chi connectivity index (χ3n) is 2.78. The minimum absolute atomic E-state index is 0.0812. The van der Waals surface area contributed by atoms with Crippen LogP contribution in [0.5, 0.6) is 0 Å². The van der Waals surface area contributed by atoms with E-state index in [9.17, 15) is 4.79 Å². The highest BCUT2D eigenvalue weighted by molar-refractivity contribution is 9.10. The lowest BCUT2D eigenvalue weighted by molar-refractivity contribution is -0.132. The Kier molecular flexibility index (Phi) is 7.02. The van der Waals surface area contributed by atoms with Gasteiger partial charge in [0, 0.05) is 19.9 Å². The van der Waals surface area contributed by atoms with Crippen molar-refractivity contribution in [1.82, 2.24) is 9.88 Å². The van der Waals surface area contributed by atoms with Crippen molar-refractivity contribution in [2.45, 2.75) is 25.2 Å². The van der Waals surface area contributed by atoms with Crippen LogP contribution in [-0.2, 0) is 16.1 Å². The number of aromatic nitrogens is 1. The second-order valence-corrected chi connectivity index (χ2v) is 5.71. The number of amides is 1. The van der Waals surface area contributed by atoms with Gasteiger partial charge in [-0.1, -0.05) is 35.8 Å². The summed E-state index contributed by atoms with van der Waals surface area (Å²) in [5, 5.41) is 0. The molecule has 0 fully saturated rings. The first-order valence-corrected chi connectivity index (χ1v) is 7.29. The monoisotopic (exact) mass is 328 g/mol. The van der Waals surface area contributed by atoms with Crippen LogP contribution in [0.3, 0.4) is 0 Å². The minimum atomic E-state index is -0.173. The number of methoxy groups -OCH3 is 1. The summed E-state index contributed by atoms with van der Waals surface area (Å²) in [4.78, 5) is 18.3. The molecule has 5 heteroatoms. The van der Waals surface area contributed by atoms with Crippen molar-refractivity contribution in [2.24, 2.45) is 5.92 Å². The Morgan fingerprint density at radius 2 is 2.21 bits per heavy atom. The molecule has 0 saturated carbocycles. The molecule has 0 aliphatic carbocycles. The van der Waals surface area contributed by atoms with Gasteiger partial charge in [0.2, 0.25) is 5.91 Å². The number of ether oxygens (including phenoxy) is 1. The first kappa shape index (κ1) is 16.1. The summed E-state index contributed by atoms with van der Waals surface area (Å²) in [6, 6.07) is 5.72. The first-order valence-electron chi connectivity index (χ1n) is 6.38. The van der Waals surface area contributed by atoms with Gasteiger partial charge in [-0.2, -0.15) is 0 Å². The van der Waals surface area contributed by atoms with Crippen LogP contribution < -0.4 is 0 Å². The average molecular weight is 329 g/mol. The van der Waals surface area contributed by atoms with E-state index >= 15 is 0 Å². The smallest absolute Gasteiger partial charge is 0.237 e. The second kappa shape index (κ2) is 8.27. The highest BCUT2D eigenvalue weighted by atomic mass is 79.9. The molecule has 0 radical (unpaired) electrons. The highest BCUT2D eigenvalue weighted by Crippen LogP contribution is 2.16. The van der Waals surface area contributed by atoms with Gasteiger partial charge in [-0.05, 0) is 18.1 Å². The summed E-state index contributed by atoms with van der Waals surface area (Å²) in [6.07, 6.45) is 1.74. The summed E-state index contributed by atoms with van der Waals surface area (Å²) in [7, 11) is 1.64.